The van der Waals surface area contributed by atoms with Crippen LogP contribution < -0.4 is 19.8 Å². The van der Waals surface area contributed by atoms with E-state index in [9.17, 15) is 4.79 Å². The van der Waals surface area contributed by atoms with Crippen LogP contribution in [0.5, 0.6) is 0 Å². The quantitative estimate of drug-likeness (QED) is 0.716. The van der Waals surface area contributed by atoms with Crippen molar-refractivity contribution in [2.24, 2.45) is 4.99 Å². The van der Waals surface area contributed by atoms with Gasteiger partial charge in [0.2, 0.25) is 0 Å². The van der Waals surface area contributed by atoms with E-state index in [1.54, 1.807) is 15.9 Å². The SMILES string of the molecule is Cc1cccc(N2CN=c3sc(=Cc4cccs4)c(=O)n3C2)c1. The van der Waals surface area contributed by atoms with Gasteiger partial charge >= 0.3 is 0 Å². The van der Waals surface area contributed by atoms with Crippen molar-refractivity contribution < 1.29 is 0 Å². The van der Waals surface area contributed by atoms with E-state index < -0.39 is 0 Å². The van der Waals surface area contributed by atoms with E-state index in [1.807, 2.05) is 29.7 Å². The maximum atomic E-state index is 12.6. The van der Waals surface area contributed by atoms with Crippen molar-refractivity contribution in [2.45, 2.75) is 13.6 Å². The minimum Gasteiger partial charge on any atom is -0.334 e. The van der Waals surface area contributed by atoms with Crippen LogP contribution >= 0.6 is 22.7 Å². The molecule has 116 valence electrons. The van der Waals surface area contributed by atoms with E-state index in [-0.39, 0.29) is 5.56 Å². The summed E-state index contributed by atoms with van der Waals surface area (Å²) in [4.78, 5) is 21.2. The molecule has 0 bridgehead atoms. The highest BCUT2D eigenvalue weighted by Gasteiger charge is 2.15. The number of benzene rings is 1. The second kappa shape index (κ2) is 5.79. The molecule has 1 aromatic carbocycles. The Labute approximate surface area is 141 Å². The van der Waals surface area contributed by atoms with E-state index >= 15 is 0 Å². The fourth-order valence-electron chi connectivity index (χ4n) is 2.60. The molecule has 4 rings (SSSR count). The number of hydrogen-bond donors (Lipinski definition) is 0. The van der Waals surface area contributed by atoms with Crippen LogP contribution in [0.3, 0.4) is 0 Å². The summed E-state index contributed by atoms with van der Waals surface area (Å²) >= 11 is 3.10. The standard InChI is InChI=1S/C17H15N3OS2/c1-12-4-2-5-13(8-12)19-10-18-17-20(11-19)16(21)15(23-17)9-14-6-3-7-22-14/h2-9H,10-11H2,1H3. The van der Waals surface area contributed by atoms with E-state index in [1.165, 1.54) is 16.9 Å². The van der Waals surface area contributed by atoms with Crippen LogP contribution in [0, 0.1) is 6.92 Å². The minimum atomic E-state index is 0.0412. The van der Waals surface area contributed by atoms with Gasteiger partial charge in [0.05, 0.1) is 4.53 Å². The third kappa shape index (κ3) is 2.75. The smallest absolute Gasteiger partial charge is 0.271 e. The van der Waals surface area contributed by atoms with Crippen LogP contribution in [-0.2, 0) is 6.67 Å². The number of nitrogens with zero attached hydrogens (tertiary/aromatic N) is 3. The summed E-state index contributed by atoms with van der Waals surface area (Å²) < 4.78 is 2.51. The number of rotatable bonds is 2. The van der Waals surface area contributed by atoms with Gasteiger partial charge in [-0.05, 0) is 42.1 Å². The number of anilines is 1. The van der Waals surface area contributed by atoms with Gasteiger partial charge in [-0.3, -0.25) is 9.36 Å². The van der Waals surface area contributed by atoms with Crippen LogP contribution in [0.4, 0.5) is 5.69 Å². The topological polar surface area (TPSA) is 37.6 Å². The van der Waals surface area contributed by atoms with Gasteiger partial charge in [-0.15, -0.1) is 11.3 Å². The monoisotopic (exact) mass is 341 g/mol. The molecule has 0 saturated heterocycles. The molecular weight excluding hydrogens is 326 g/mol. The summed E-state index contributed by atoms with van der Waals surface area (Å²) in [6, 6.07) is 12.3. The Morgan fingerprint density at radius 1 is 1.26 bits per heavy atom. The zero-order valence-electron chi connectivity index (χ0n) is 12.6. The Kier molecular flexibility index (Phi) is 3.63. The van der Waals surface area contributed by atoms with Gasteiger partial charge in [0.25, 0.3) is 5.56 Å². The number of fused-ring (bicyclic) bond motifs is 1. The summed E-state index contributed by atoms with van der Waals surface area (Å²) in [7, 11) is 0. The van der Waals surface area contributed by atoms with E-state index in [4.69, 9.17) is 0 Å². The highest BCUT2D eigenvalue weighted by atomic mass is 32.1. The minimum absolute atomic E-state index is 0.0412. The molecule has 23 heavy (non-hydrogen) atoms. The van der Waals surface area contributed by atoms with Gasteiger partial charge in [-0.25, -0.2) is 4.99 Å². The first-order valence-corrected chi connectivity index (χ1v) is 9.01. The molecule has 3 aromatic rings. The van der Waals surface area contributed by atoms with Crippen molar-refractivity contribution in [3.8, 4) is 0 Å². The average molecular weight is 341 g/mol. The molecule has 0 fully saturated rings. The molecule has 6 heteroatoms. The molecule has 0 aliphatic carbocycles. The predicted octanol–water partition coefficient (Wildman–Crippen LogP) is 2.16. The Morgan fingerprint density at radius 3 is 2.96 bits per heavy atom. The van der Waals surface area contributed by atoms with Crippen LogP contribution in [0.15, 0.2) is 51.6 Å². The number of aryl methyl sites for hydroxylation is 1. The maximum absolute atomic E-state index is 12.6. The number of hydrogen-bond acceptors (Lipinski definition) is 5. The Bertz CT molecular complexity index is 1020. The van der Waals surface area contributed by atoms with Gasteiger partial charge < -0.3 is 4.90 Å². The van der Waals surface area contributed by atoms with Crippen molar-refractivity contribution in [3.63, 3.8) is 0 Å². The number of thiazole rings is 1. The van der Waals surface area contributed by atoms with Gasteiger partial charge in [-0.2, -0.15) is 0 Å². The fourth-order valence-corrected chi connectivity index (χ4v) is 4.29. The Hall–Kier alpha value is -2.18. The lowest BCUT2D eigenvalue weighted by Crippen LogP contribution is -2.42. The van der Waals surface area contributed by atoms with Crippen molar-refractivity contribution in [3.05, 3.63) is 71.9 Å². The molecule has 2 aromatic heterocycles. The number of aromatic nitrogens is 1. The first-order chi connectivity index (χ1) is 11.2. The summed E-state index contributed by atoms with van der Waals surface area (Å²) in [5.74, 6) is 0. The summed E-state index contributed by atoms with van der Waals surface area (Å²) in [6.07, 6.45) is 1.95. The van der Waals surface area contributed by atoms with Gasteiger partial charge in [0, 0.05) is 10.6 Å². The molecule has 0 saturated carbocycles. The van der Waals surface area contributed by atoms with Crippen LogP contribution in [0.25, 0.3) is 6.08 Å². The molecule has 4 nitrogen and oxygen atoms in total. The molecule has 1 aliphatic heterocycles. The van der Waals surface area contributed by atoms with Gasteiger partial charge in [0.1, 0.15) is 13.3 Å². The molecule has 0 spiro atoms. The van der Waals surface area contributed by atoms with Crippen molar-refractivity contribution in [1.29, 1.82) is 0 Å². The van der Waals surface area contributed by atoms with Crippen molar-refractivity contribution in [2.75, 3.05) is 11.6 Å². The summed E-state index contributed by atoms with van der Waals surface area (Å²) in [5, 5.41) is 2.01. The van der Waals surface area contributed by atoms with Gasteiger partial charge in [0.15, 0.2) is 4.80 Å². The normalized spacial score (nSPS) is 14.7. The molecule has 0 unspecified atom stereocenters. The highest BCUT2D eigenvalue weighted by Crippen LogP contribution is 2.17. The Morgan fingerprint density at radius 2 is 2.17 bits per heavy atom. The van der Waals surface area contributed by atoms with Crippen LogP contribution in [0.2, 0.25) is 0 Å². The van der Waals surface area contributed by atoms with Crippen LogP contribution in [0.1, 0.15) is 10.4 Å². The second-order valence-electron chi connectivity index (χ2n) is 5.46. The molecule has 0 radical (unpaired) electrons. The van der Waals surface area contributed by atoms with E-state index in [2.05, 4.69) is 35.0 Å². The first kappa shape index (κ1) is 14.4. The van der Waals surface area contributed by atoms with E-state index in [0.29, 0.717) is 13.3 Å². The Balaban J connectivity index is 1.74. The molecule has 0 atom stereocenters. The summed E-state index contributed by atoms with van der Waals surface area (Å²) in [6.45, 7) is 3.21. The third-order valence-electron chi connectivity index (χ3n) is 3.76. The number of thiophene rings is 1. The molecule has 1 aliphatic rings. The zero-order chi connectivity index (χ0) is 15.8. The average Bonchev–Trinajstić information content (AvgIpc) is 3.17. The first-order valence-electron chi connectivity index (χ1n) is 7.32. The summed E-state index contributed by atoms with van der Waals surface area (Å²) in [5.41, 5.74) is 2.35. The third-order valence-corrected chi connectivity index (χ3v) is 5.62. The predicted molar refractivity (Wildman–Crippen MR) is 95.8 cm³/mol. The highest BCUT2D eigenvalue weighted by molar-refractivity contribution is 7.11. The lowest BCUT2D eigenvalue weighted by Gasteiger charge is -2.25. The maximum Gasteiger partial charge on any atom is 0.271 e. The molecule has 0 N–H and O–H groups in total. The van der Waals surface area contributed by atoms with E-state index in [0.717, 1.165) is 19.9 Å². The van der Waals surface area contributed by atoms with Crippen LogP contribution in [-0.4, -0.2) is 11.2 Å². The second-order valence-corrected chi connectivity index (χ2v) is 7.45. The van der Waals surface area contributed by atoms with Gasteiger partial charge in [-0.1, -0.05) is 29.5 Å². The van der Waals surface area contributed by atoms with Crippen molar-refractivity contribution in [1.82, 2.24) is 4.57 Å². The molecular formula is C17H15N3OS2. The van der Waals surface area contributed by atoms with Crippen molar-refractivity contribution >= 4 is 34.4 Å². The lowest BCUT2D eigenvalue weighted by atomic mass is 10.2. The lowest BCUT2D eigenvalue weighted by molar-refractivity contribution is 0.569. The molecule has 0 amide bonds. The zero-order valence-corrected chi connectivity index (χ0v) is 14.2. The fraction of sp³-hybridized carbons (Fsp3) is 0.176. The largest absolute Gasteiger partial charge is 0.334 e. The molecule has 3 heterocycles.